The van der Waals surface area contributed by atoms with Crippen molar-refractivity contribution in [3.63, 3.8) is 0 Å². The summed E-state index contributed by atoms with van der Waals surface area (Å²) in [5.74, 6) is -1.16. The van der Waals surface area contributed by atoms with Crippen LogP contribution in [0.3, 0.4) is 0 Å². The quantitative estimate of drug-likeness (QED) is 0.340. The molecule has 2 aromatic rings. The molecule has 2 aromatic carbocycles. The third kappa shape index (κ3) is 4.37. The molecule has 35 heavy (non-hydrogen) atoms. The molecule has 1 fully saturated rings. The molecule has 182 valence electrons. The zero-order valence-electron chi connectivity index (χ0n) is 19.1. The molecule has 12 heteroatoms. The van der Waals surface area contributed by atoms with Crippen LogP contribution in [0, 0.1) is 10.1 Å². The third-order valence-electron chi connectivity index (χ3n) is 6.01. The van der Waals surface area contributed by atoms with Crippen molar-refractivity contribution < 1.29 is 33.6 Å². The van der Waals surface area contributed by atoms with Crippen LogP contribution in [0.4, 0.5) is 5.69 Å². The minimum Gasteiger partial charge on any atom is -0.493 e. The molecule has 0 spiro atoms. The Labute approximate surface area is 199 Å². The zero-order valence-corrected chi connectivity index (χ0v) is 19.1. The van der Waals surface area contributed by atoms with Gasteiger partial charge in [-0.3, -0.25) is 34.2 Å². The van der Waals surface area contributed by atoms with Gasteiger partial charge in [0.2, 0.25) is 5.91 Å². The van der Waals surface area contributed by atoms with Crippen LogP contribution in [0.15, 0.2) is 36.4 Å². The number of amides is 4. The molecule has 4 rings (SSSR count). The summed E-state index contributed by atoms with van der Waals surface area (Å²) in [6.07, 6.45) is 0. The van der Waals surface area contributed by atoms with Crippen LogP contribution >= 0.6 is 0 Å². The molecule has 0 unspecified atom stereocenters. The van der Waals surface area contributed by atoms with Crippen LogP contribution in [-0.2, 0) is 4.79 Å². The van der Waals surface area contributed by atoms with Crippen molar-refractivity contribution in [1.29, 1.82) is 0 Å². The number of carbonyl (C=O) groups is 4. The van der Waals surface area contributed by atoms with Crippen molar-refractivity contribution >= 4 is 29.3 Å². The average Bonchev–Trinajstić information content (AvgIpc) is 3.12. The number of nitro groups is 1. The van der Waals surface area contributed by atoms with E-state index < -0.39 is 29.2 Å². The first-order valence-corrected chi connectivity index (χ1v) is 10.7. The van der Waals surface area contributed by atoms with Gasteiger partial charge in [0.1, 0.15) is 6.54 Å². The van der Waals surface area contributed by atoms with Gasteiger partial charge in [0.05, 0.1) is 30.3 Å². The predicted molar refractivity (Wildman–Crippen MR) is 120 cm³/mol. The average molecular weight is 482 g/mol. The van der Waals surface area contributed by atoms with Gasteiger partial charge in [-0.25, -0.2) is 0 Å². The van der Waals surface area contributed by atoms with Gasteiger partial charge in [0.15, 0.2) is 11.5 Å². The first kappa shape index (κ1) is 23.7. The number of methoxy groups -OCH3 is 2. The number of carbonyl (C=O) groups excluding carboxylic acids is 4. The molecule has 0 radical (unpaired) electrons. The summed E-state index contributed by atoms with van der Waals surface area (Å²) in [7, 11) is 2.98. The maximum atomic E-state index is 12.9. The lowest BCUT2D eigenvalue weighted by Gasteiger charge is -2.35. The molecule has 0 atom stereocenters. The molecule has 2 heterocycles. The number of piperazine rings is 1. The van der Waals surface area contributed by atoms with Gasteiger partial charge < -0.3 is 19.3 Å². The van der Waals surface area contributed by atoms with E-state index in [1.165, 1.54) is 25.2 Å². The highest BCUT2D eigenvalue weighted by molar-refractivity contribution is 6.22. The van der Waals surface area contributed by atoms with E-state index >= 15 is 0 Å². The zero-order chi connectivity index (χ0) is 25.3. The summed E-state index contributed by atoms with van der Waals surface area (Å²) < 4.78 is 10.4. The minimum absolute atomic E-state index is 0.0266. The number of hydrogen-bond donors (Lipinski definition) is 0. The molecule has 0 aliphatic carbocycles. The van der Waals surface area contributed by atoms with Crippen LogP contribution < -0.4 is 9.47 Å². The topological polar surface area (TPSA) is 140 Å². The molecule has 0 aromatic heterocycles. The molecule has 2 aliphatic heterocycles. The Kier molecular flexibility index (Phi) is 6.36. The van der Waals surface area contributed by atoms with Gasteiger partial charge in [-0.15, -0.1) is 0 Å². The number of ether oxygens (including phenoxy) is 2. The molecular formula is C23H22N4O8. The molecule has 12 nitrogen and oxygen atoms in total. The summed E-state index contributed by atoms with van der Waals surface area (Å²) in [6, 6.07) is 8.26. The monoisotopic (exact) mass is 482 g/mol. The van der Waals surface area contributed by atoms with Gasteiger partial charge in [0.25, 0.3) is 23.4 Å². The second-order valence-corrected chi connectivity index (χ2v) is 7.93. The van der Waals surface area contributed by atoms with Crippen LogP contribution in [0.5, 0.6) is 11.5 Å². The molecule has 0 bridgehead atoms. The van der Waals surface area contributed by atoms with E-state index in [4.69, 9.17) is 9.47 Å². The number of hydrogen-bond acceptors (Lipinski definition) is 8. The molecule has 0 saturated carbocycles. The highest BCUT2D eigenvalue weighted by atomic mass is 16.6. The van der Waals surface area contributed by atoms with Crippen LogP contribution in [0.2, 0.25) is 0 Å². The van der Waals surface area contributed by atoms with Crippen LogP contribution in [0.25, 0.3) is 0 Å². The van der Waals surface area contributed by atoms with Crippen molar-refractivity contribution in [3.8, 4) is 11.5 Å². The van der Waals surface area contributed by atoms with Crippen molar-refractivity contribution in [2.75, 3.05) is 46.9 Å². The number of nitrogens with zero attached hydrogens (tertiary/aromatic N) is 4. The van der Waals surface area contributed by atoms with Crippen molar-refractivity contribution in [2.45, 2.75) is 0 Å². The number of fused-ring (bicyclic) bond motifs is 1. The first-order valence-electron chi connectivity index (χ1n) is 10.7. The molecule has 1 saturated heterocycles. The fraction of sp³-hybridized carbons (Fsp3) is 0.304. The van der Waals surface area contributed by atoms with Gasteiger partial charge in [-0.2, -0.15) is 0 Å². The number of rotatable bonds is 6. The molecule has 2 aliphatic rings. The van der Waals surface area contributed by atoms with Crippen LogP contribution in [-0.4, -0.2) is 90.2 Å². The normalized spacial score (nSPS) is 15.2. The lowest BCUT2D eigenvalue weighted by molar-refractivity contribution is -0.384. The molecule has 0 N–H and O–H groups in total. The molecular weight excluding hydrogens is 460 g/mol. The Morgan fingerprint density at radius 3 is 2.14 bits per heavy atom. The fourth-order valence-electron chi connectivity index (χ4n) is 4.08. The Hall–Kier alpha value is -4.48. The van der Waals surface area contributed by atoms with Gasteiger partial charge in [-0.1, -0.05) is 0 Å². The van der Waals surface area contributed by atoms with E-state index in [-0.39, 0.29) is 48.9 Å². The highest BCUT2D eigenvalue weighted by Crippen LogP contribution is 2.29. The second-order valence-electron chi connectivity index (χ2n) is 7.93. The third-order valence-corrected chi connectivity index (χ3v) is 6.01. The van der Waals surface area contributed by atoms with E-state index in [1.807, 2.05) is 0 Å². The second kappa shape index (κ2) is 9.41. The number of non-ortho nitro benzene ring substituents is 1. The number of nitro benzene ring substituents is 1. The summed E-state index contributed by atoms with van der Waals surface area (Å²) >= 11 is 0. The van der Waals surface area contributed by atoms with E-state index in [0.717, 1.165) is 17.0 Å². The largest absolute Gasteiger partial charge is 0.493 e. The van der Waals surface area contributed by atoms with Crippen molar-refractivity contribution in [2.24, 2.45) is 0 Å². The molecule has 4 amide bonds. The maximum Gasteiger partial charge on any atom is 0.270 e. The summed E-state index contributed by atoms with van der Waals surface area (Å²) in [6.45, 7) is 0.517. The smallest absolute Gasteiger partial charge is 0.270 e. The van der Waals surface area contributed by atoms with E-state index in [9.17, 15) is 29.3 Å². The van der Waals surface area contributed by atoms with E-state index in [1.54, 1.807) is 23.1 Å². The maximum absolute atomic E-state index is 12.9. The van der Waals surface area contributed by atoms with Gasteiger partial charge >= 0.3 is 0 Å². The Bertz CT molecular complexity index is 1240. The van der Waals surface area contributed by atoms with E-state index in [2.05, 4.69) is 0 Å². The lowest BCUT2D eigenvalue weighted by atomic mass is 10.1. The van der Waals surface area contributed by atoms with Crippen molar-refractivity contribution in [3.05, 3.63) is 63.2 Å². The predicted octanol–water partition coefficient (Wildman–Crippen LogP) is 1.19. The first-order chi connectivity index (χ1) is 16.7. The minimum atomic E-state index is -0.746. The van der Waals surface area contributed by atoms with Gasteiger partial charge in [0, 0.05) is 43.9 Å². The number of imide groups is 1. The SMILES string of the molecule is COc1ccc(C(=O)N2CCN(C(=O)CN3C(=O)c4ccc([N+](=O)[O-])cc4C3=O)CC2)cc1OC. The fourth-order valence-corrected chi connectivity index (χ4v) is 4.08. The Morgan fingerprint density at radius 1 is 0.886 bits per heavy atom. The van der Waals surface area contributed by atoms with E-state index in [0.29, 0.717) is 17.1 Å². The summed E-state index contributed by atoms with van der Waals surface area (Å²) in [4.78, 5) is 65.1. The Morgan fingerprint density at radius 2 is 1.51 bits per heavy atom. The summed E-state index contributed by atoms with van der Waals surface area (Å²) in [5.41, 5.74) is 0.0389. The number of benzene rings is 2. The van der Waals surface area contributed by atoms with Gasteiger partial charge in [-0.05, 0) is 24.3 Å². The highest BCUT2D eigenvalue weighted by Gasteiger charge is 2.39. The standard InChI is InChI=1S/C23H22N4O8/c1-34-18-6-3-14(11-19(18)35-2)21(29)25-9-7-24(8-10-25)20(28)13-26-22(30)16-5-4-15(27(32)33)12-17(16)23(26)31/h3-6,11-12H,7-10,13H2,1-2H3. The Balaban J connectivity index is 1.37. The lowest BCUT2D eigenvalue weighted by Crippen LogP contribution is -2.53. The summed E-state index contributed by atoms with van der Waals surface area (Å²) in [5, 5.41) is 11.0. The van der Waals surface area contributed by atoms with Crippen LogP contribution in [0.1, 0.15) is 31.1 Å². The van der Waals surface area contributed by atoms with Crippen molar-refractivity contribution in [1.82, 2.24) is 14.7 Å².